The van der Waals surface area contributed by atoms with Gasteiger partial charge in [0.15, 0.2) is 0 Å². The molecular weight excluding hydrogens is 216 g/mol. The number of hydrogen-bond donors (Lipinski definition) is 1. The summed E-state index contributed by atoms with van der Waals surface area (Å²) in [6.07, 6.45) is 2.76. The van der Waals surface area contributed by atoms with Crippen molar-refractivity contribution in [2.75, 3.05) is 13.6 Å². The van der Waals surface area contributed by atoms with Crippen molar-refractivity contribution in [1.29, 1.82) is 0 Å². The predicted octanol–water partition coefficient (Wildman–Crippen LogP) is 2.71. The molecule has 1 aliphatic rings. The standard InChI is InChI=1S/C13H22N2S/c1-13(2,14-3)10-15(12-4-5-12)8-11-6-7-16-9-11/h6-7,9,12,14H,4-5,8,10H2,1-3H3. The highest BCUT2D eigenvalue weighted by Crippen LogP contribution is 2.29. The third-order valence-electron chi connectivity index (χ3n) is 3.30. The molecule has 2 nitrogen and oxygen atoms in total. The van der Waals surface area contributed by atoms with E-state index in [9.17, 15) is 0 Å². The van der Waals surface area contributed by atoms with E-state index in [4.69, 9.17) is 0 Å². The second-order valence-corrected chi connectivity index (χ2v) is 6.18. The highest BCUT2D eigenvalue weighted by molar-refractivity contribution is 7.07. The Balaban J connectivity index is 1.95. The molecule has 1 heterocycles. The van der Waals surface area contributed by atoms with Gasteiger partial charge in [-0.05, 0) is 56.1 Å². The van der Waals surface area contributed by atoms with E-state index >= 15 is 0 Å². The number of rotatable bonds is 6. The van der Waals surface area contributed by atoms with Gasteiger partial charge in [0.2, 0.25) is 0 Å². The normalized spacial score (nSPS) is 17.0. The monoisotopic (exact) mass is 238 g/mol. The quantitative estimate of drug-likeness (QED) is 0.820. The van der Waals surface area contributed by atoms with Crippen LogP contribution in [0.5, 0.6) is 0 Å². The second-order valence-electron chi connectivity index (χ2n) is 5.40. The zero-order chi connectivity index (χ0) is 11.6. The van der Waals surface area contributed by atoms with Gasteiger partial charge in [-0.3, -0.25) is 4.90 Å². The third-order valence-corrected chi connectivity index (χ3v) is 4.04. The van der Waals surface area contributed by atoms with Gasteiger partial charge in [0.05, 0.1) is 0 Å². The van der Waals surface area contributed by atoms with Gasteiger partial charge in [-0.15, -0.1) is 0 Å². The Morgan fingerprint density at radius 2 is 2.25 bits per heavy atom. The molecule has 0 spiro atoms. The zero-order valence-corrected chi connectivity index (χ0v) is 11.3. The van der Waals surface area contributed by atoms with E-state index in [1.54, 1.807) is 11.3 Å². The van der Waals surface area contributed by atoms with E-state index < -0.39 is 0 Å². The Kier molecular flexibility index (Phi) is 3.67. The van der Waals surface area contributed by atoms with Crippen LogP contribution in [-0.4, -0.2) is 30.1 Å². The lowest BCUT2D eigenvalue weighted by Gasteiger charge is -2.32. The minimum Gasteiger partial charge on any atom is -0.314 e. The Hall–Kier alpha value is -0.380. The zero-order valence-electron chi connectivity index (χ0n) is 10.5. The van der Waals surface area contributed by atoms with Crippen molar-refractivity contribution in [3.05, 3.63) is 22.4 Å². The van der Waals surface area contributed by atoms with Crippen molar-refractivity contribution >= 4 is 11.3 Å². The van der Waals surface area contributed by atoms with E-state index in [2.05, 4.69) is 47.9 Å². The minimum absolute atomic E-state index is 0.207. The number of likely N-dealkylation sites (N-methyl/N-ethyl adjacent to an activating group) is 1. The summed E-state index contributed by atoms with van der Waals surface area (Å²) in [7, 11) is 2.05. The first-order valence-electron chi connectivity index (χ1n) is 6.05. The maximum atomic E-state index is 3.39. The predicted molar refractivity (Wildman–Crippen MR) is 70.9 cm³/mol. The summed E-state index contributed by atoms with van der Waals surface area (Å²) in [6.45, 7) is 6.79. The highest BCUT2D eigenvalue weighted by Gasteiger charge is 2.32. The van der Waals surface area contributed by atoms with Gasteiger partial charge in [-0.2, -0.15) is 11.3 Å². The van der Waals surface area contributed by atoms with Crippen LogP contribution in [0.25, 0.3) is 0 Å². The minimum atomic E-state index is 0.207. The highest BCUT2D eigenvalue weighted by atomic mass is 32.1. The maximum Gasteiger partial charge on any atom is 0.0249 e. The molecule has 90 valence electrons. The smallest absolute Gasteiger partial charge is 0.0249 e. The van der Waals surface area contributed by atoms with Crippen molar-refractivity contribution in [1.82, 2.24) is 10.2 Å². The summed E-state index contributed by atoms with van der Waals surface area (Å²) in [5, 5.41) is 7.83. The van der Waals surface area contributed by atoms with Crippen LogP contribution in [0.15, 0.2) is 16.8 Å². The summed E-state index contributed by atoms with van der Waals surface area (Å²) in [6, 6.07) is 3.07. The van der Waals surface area contributed by atoms with Crippen LogP contribution in [0.3, 0.4) is 0 Å². The Morgan fingerprint density at radius 1 is 1.50 bits per heavy atom. The first-order valence-corrected chi connectivity index (χ1v) is 6.99. The number of thiophene rings is 1. The molecule has 2 rings (SSSR count). The summed E-state index contributed by atoms with van der Waals surface area (Å²) in [5.41, 5.74) is 1.67. The van der Waals surface area contributed by atoms with Crippen LogP contribution in [0.2, 0.25) is 0 Å². The fourth-order valence-corrected chi connectivity index (χ4v) is 2.62. The molecule has 0 aliphatic heterocycles. The lowest BCUT2D eigenvalue weighted by molar-refractivity contribution is 0.191. The van der Waals surface area contributed by atoms with Crippen molar-refractivity contribution in [3.8, 4) is 0 Å². The molecule has 16 heavy (non-hydrogen) atoms. The molecule has 1 N–H and O–H groups in total. The molecule has 1 aromatic rings. The van der Waals surface area contributed by atoms with E-state index in [-0.39, 0.29) is 5.54 Å². The molecule has 0 saturated heterocycles. The summed E-state index contributed by atoms with van der Waals surface area (Å²) in [5.74, 6) is 0. The van der Waals surface area contributed by atoms with Gasteiger partial charge in [-0.25, -0.2) is 0 Å². The van der Waals surface area contributed by atoms with E-state index in [0.717, 1.165) is 19.1 Å². The maximum absolute atomic E-state index is 3.39. The van der Waals surface area contributed by atoms with E-state index in [1.165, 1.54) is 18.4 Å². The van der Waals surface area contributed by atoms with Crippen LogP contribution < -0.4 is 5.32 Å². The first kappa shape index (κ1) is 12.1. The number of nitrogens with one attached hydrogen (secondary N) is 1. The average molecular weight is 238 g/mol. The van der Waals surface area contributed by atoms with Crippen molar-refractivity contribution < 1.29 is 0 Å². The molecular formula is C13H22N2S. The van der Waals surface area contributed by atoms with E-state index in [0.29, 0.717) is 0 Å². The van der Waals surface area contributed by atoms with Crippen molar-refractivity contribution in [2.45, 2.75) is 44.8 Å². The molecule has 0 radical (unpaired) electrons. The molecule has 1 fully saturated rings. The molecule has 0 atom stereocenters. The third kappa shape index (κ3) is 3.30. The van der Waals surface area contributed by atoms with Crippen molar-refractivity contribution in [3.63, 3.8) is 0 Å². The molecule has 0 bridgehead atoms. The van der Waals surface area contributed by atoms with Crippen LogP contribution in [0.1, 0.15) is 32.3 Å². The molecule has 0 amide bonds. The Morgan fingerprint density at radius 3 is 2.75 bits per heavy atom. The fraction of sp³-hybridized carbons (Fsp3) is 0.692. The van der Waals surface area contributed by atoms with E-state index in [1.807, 2.05) is 0 Å². The molecule has 3 heteroatoms. The van der Waals surface area contributed by atoms with Gasteiger partial charge >= 0.3 is 0 Å². The van der Waals surface area contributed by atoms with Gasteiger partial charge in [0.1, 0.15) is 0 Å². The second kappa shape index (κ2) is 4.86. The molecule has 1 aromatic heterocycles. The lowest BCUT2D eigenvalue weighted by atomic mass is 10.0. The molecule has 1 aliphatic carbocycles. The van der Waals surface area contributed by atoms with Gasteiger partial charge < -0.3 is 5.32 Å². The lowest BCUT2D eigenvalue weighted by Crippen LogP contribution is -2.47. The molecule has 0 unspecified atom stereocenters. The fourth-order valence-electron chi connectivity index (χ4n) is 1.96. The Bertz CT molecular complexity index is 315. The average Bonchev–Trinajstić information content (AvgIpc) is 2.97. The summed E-state index contributed by atoms with van der Waals surface area (Å²) in [4.78, 5) is 2.62. The van der Waals surface area contributed by atoms with Crippen LogP contribution >= 0.6 is 11.3 Å². The number of hydrogen-bond acceptors (Lipinski definition) is 3. The largest absolute Gasteiger partial charge is 0.314 e. The SMILES string of the molecule is CNC(C)(C)CN(Cc1ccsc1)C1CC1. The van der Waals surface area contributed by atoms with Gasteiger partial charge in [0.25, 0.3) is 0 Å². The van der Waals surface area contributed by atoms with Crippen LogP contribution in [0, 0.1) is 0 Å². The van der Waals surface area contributed by atoms with Crippen LogP contribution in [0.4, 0.5) is 0 Å². The number of nitrogens with zero attached hydrogens (tertiary/aromatic N) is 1. The molecule has 0 aromatic carbocycles. The molecule has 1 saturated carbocycles. The van der Waals surface area contributed by atoms with Crippen molar-refractivity contribution in [2.24, 2.45) is 0 Å². The Labute approximate surface area is 103 Å². The summed E-state index contributed by atoms with van der Waals surface area (Å²) >= 11 is 1.80. The van der Waals surface area contributed by atoms with Gasteiger partial charge in [-0.1, -0.05) is 0 Å². The van der Waals surface area contributed by atoms with Gasteiger partial charge in [0, 0.05) is 24.7 Å². The van der Waals surface area contributed by atoms with Crippen LogP contribution in [-0.2, 0) is 6.54 Å². The first-order chi connectivity index (χ1) is 7.61. The topological polar surface area (TPSA) is 15.3 Å². The summed E-state index contributed by atoms with van der Waals surface area (Å²) < 4.78 is 0.